The maximum Gasteiger partial charge on any atom is 0.111 e. The van der Waals surface area contributed by atoms with Crippen molar-refractivity contribution in [1.29, 1.82) is 5.26 Å². The highest BCUT2D eigenvalue weighted by molar-refractivity contribution is 5.91. The van der Waals surface area contributed by atoms with E-state index in [0.717, 1.165) is 67.0 Å². The maximum absolute atomic E-state index is 9.46. The van der Waals surface area contributed by atoms with E-state index in [1.165, 1.54) is 0 Å². The van der Waals surface area contributed by atoms with E-state index in [9.17, 15) is 5.26 Å². The molecule has 152 valence electrons. The molecule has 1 spiro atoms. The number of ether oxygens (including phenoxy) is 1. The van der Waals surface area contributed by atoms with E-state index < -0.39 is 0 Å². The SMILES string of the molecule is N#CCC1(n2ccc(-c3nc(C4CCNN4)cc4ncccc34)n2)CC2(COC2)C1. The fraction of sp³-hybridized carbons (Fsp3) is 0.455. The molecule has 0 aromatic carbocycles. The number of hydrogen-bond donors (Lipinski definition) is 2. The van der Waals surface area contributed by atoms with Crippen molar-refractivity contribution in [2.75, 3.05) is 19.8 Å². The lowest BCUT2D eigenvalue weighted by atomic mass is 9.55. The van der Waals surface area contributed by atoms with Crippen LogP contribution >= 0.6 is 0 Å². The van der Waals surface area contributed by atoms with Crippen LogP contribution in [0.2, 0.25) is 0 Å². The molecule has 1 aliphatic carbocycles. The van der Waals surface area contributed by atoms with Crippen molar-refractivity contribution in [1.82, 2.24) is 30.6 Å². The van der Waals surface area contributed by atoms with Gasteiger partial charge in [-0.15, -0.1) is 0 Å². The van der Waals surface area contributed by atoms with Crippen LogP contribution in [0.3, 0.4) is 0 Å². The summed E-state index contributed by atoms with van der Waals surface area (Å²) in [7, 11) is 0. The Kier molecular flexibility index (Phi) is 3.93. The summed E-state index contributed by atoms with van der Waals surface area (Å²) in [6, 6.07) is 10.6. The van der Waals surface area contributed by atoms with Crippen LogP contribution < -0.4 is 10.9 Å². The number of pyridine rings is 2. The fourth-order valence-corrected chi connectivity index (χ4v) is 5.34. The molecule has 2 N–H and O–H groups in total. The summed E-state index contributed by atoms with van der Waals surface area (Å²) in [6.07, 6.45) is 7.15. The van der Waals surface area contributed by atoms with Gasteiger partial charge in [-0.1, -0.05) is 0 Å². The van der Waals surface area contributed by atoms with Crippen molar-refractivity contribution in [3.8, 4) is 17.5 Å². The van der Waals surface area contributed by atoms with Gasteiger partial charge in [0.05, 0.1) is 48.5 Å². The van der Waals surface area contributed by atoms with Crippen molar-refractivity contribution < 1.29 is 4.74 Å². The third kappa shape index (κ3) is 2.67. The Hall–Kier alpha value is -2.86. The van der Waals surface area contributed by atoms with Gasteiger partial charge in [-0.3, -0.25) is 15.1 Å². The fourth-order valence-electron chi connectivity index (χ4n) is 5.34. The summed E-state index contributed by atoms with van der Waals surface area (Å²) >= 11 is 0. The number of rotatable bonds is 4. The van der Waals surface area contributed by atoms with E-state index in [-0.39, 0.29) is 17.0 Å². The van der Waals surface area contributed by atoms with Gasteiger partial charge >= 0.3 is 0 Å². The quantitative estimate of drug-likeness (QED) is 0.692. The van der Waals surface area contributed by atoms with Crippen molar-refractivity contribution in [2.24, 2.45) is 5.41 Å². The molecule has 30 heavy (non-hydrogen) atoms. The summed E-state index contributed by atoms with van der Waals surface area (Å²) in [6.45, 7) is 2.52. The lowest BCUT2D eigenvalue weighted by Gasteiger charge is -2.59. The van der Waals surface area contributed by atoms with Crippen LogP contribution in [-0.2, 0) is 10.3 Å². The minimum atomic E-state index is -0.237. The summed E-state index contributed by atoms with van der Waals surface area (Å²) in [5.41, 5.74) is 10.0. The molecule has 0 radical (unpaired) electrons. The van der Waals surface area contributed by atoms with Crippen molar-refractivity contribution >= 4 is 10.9 Å². The van der Waals surface area contributed by atoms with E-state index >= 15 is 0 Å². The molecule has 0 amide bonds. The third-order valence-corrected chi connectivity index (χ3v) is 6.76. The number of nitrogens with zero attached hydrogens (tertiary/aromatic N) is 5. The largest absolute Gasteiger partial charge is 0.380 e. The van der Waals surface area contributed by atoms with Crippen molar-refractivity contribution in [3.05, 3.63) is 42.4 Å². The second kappa shape index (κ2) is 6.57. The Morgan fingerprint density at radius 3 is 2.93 bits per heavy atom. The Bertz CT molecular complexity index is 1150. The zero-order chi connectivity index (χ0) is 20.2. The van der Waals surface area contributed by atoms with Crippen LogP contribution in [0.5, 0.6) is 0 Å². The number of hydrazine groups is 1. The maximum atomic E-state index is 9.46. The predicted octanol–water partition coefficient (Wildman–Crippen LogP) is 2.45. The zero-order valence-corrected chi connectivity index (χ0v) is 16.6. The molecule has 8 heteroatoms. The van der Waals surface area contributed by atoms with Crippen molar-refractivity contribution in [3.63, 3.8) is 0 Å². The minimum Gasteiger partial charge on any atom is -0.380 e. The third-order valence-electron chi connectivity index (χ3n) is 6.76. The standard InChI is InChI=1S/C22H23N7O/c23-6-5-22(11-21(12-22)13-30-14-21)29-9-4-17(28-29)20-15-2-1-7-24-18(15)10-19(26-20)16-3-8-25-27-16/h1-2,4,7,9-10,16,25,27H,3,5,8,11-14H2. The highest BCUT2D eigenvalue weighted by Crippen LogP contribution is 2.58. The number of hydrogen-bond acceptors (Lipinski definition) is 7. The molecule has 3 fully saturated rings. The molecule has 8 nitrogen and oxygen atoms in total. The van der Waals surface area contributed by atoms with Crippen molar-refractivity contribution in [2.45, 2.75) is 37.3 Å². The molecule has 2 aliphatic heterocycles. The van der Waals surface area contributed by atoms with Crippen LogP contribution in [0.25, 0.3) is 22.3 Å². The van der Waals surface area contributed by atoms with E-state index in [1.807, 2.05) is 35.3 Å². The van der Waals surface area contributed by atoms with Crippen LogP contribution in [0.15, 0.2) is 36.7 Å². The highest BCUT2D eigenvalue weighted by Gasteiger charge is 2.59. The van der Waals surface area contributed by atoms with Crippen LogP contribution in [0.4, 0.5) is 0 Å². The molecular weight excluding hydrogens is 378 g/mol. The summed E-state index contributed by atoms with van der Waals surface area (Å²) in [5.74, 6) is 0. The van der Waals surface area contributed by atoms with Gasteiger partial charge in [0.15, 0.2) is 0 Å². The lowest BCUT2D eigenvalue weighted by Crippen LogP contribution is -2.62. The molecule has 1 atom stereocenters. The number of fused-ring (bicyclic) bond motifs is 1. The molecule has 0 bridgehead atoms. The first-order chi connectivity index (χ1) is 14.7. The van der Waals surface area contributed by atoms with Gasteiger partial charge in [-0.05, 0) is 43.5 Å². The molecular formula is C22H23N7O. The summed E-state index contributed by atoms with van der Waals surface area (Å²) in [5, 5.41) is 15.4. The molecule has 1 saturated carbocycles. The van der Waals surface area contributed by atoms with E-state index in [0.29, 0.717) is 6.42 Å². The Labute approximate surface area is 174 Å². The normalized spacial score (nSPS) is 23.8. The predicted molar refractivity (Wildman–Crippen MR) is 110 cm³/mol. The smallest absolute Gasteiger partial charge is 0.111 e. The molecule has 6 rings (SSSR count). The van der Waals surface area contributed by atoms with E-state index in [2.05, 4.69) is 28.0 Å². The first-order valence-electron chi connectivity index (χ1n) is 10.5. The molecule has 3 aromatic rings. The number of nitrogens with one attached hydrogen (secondary N) is 2. The van der Waals surface area contributed by atoms with Gasteiger partial charge in [0.2, 0.25) is 0 Å². The van der Waals surface area contributed by atoms with Gasteiger partial charge in [0.25, 0.3) is 0 Å². The van der Waals surface area contributed by atoms with Gasteiger partial charge in [-0.25, -0.2) is 10.4 Å². The van der Waals surface area contributed by atoms with Gasteiger partial charge in [0, 0.05) is 29.7 Å². The Balaban J connectivity index is 1.41. The van der Waals surface area contributed by atoms with Crippen LogP contribution in [-0.4, -0.2) is 39.5 Å². The Morgan fingerprint density at radius 2 is 2.20 bits per heavy atom. The second-order valence-corrected chi connectivity index (χ2v) is 8.93. The lowest BCUT2D eigenvalue weighted by molar-refractivity contribution is -0.206. The first-order valence-corrected chi connectivity index (χ1v) is 10.5. The second-order valence-electron chi connectivity index (χ2n) is 8.93. The van der Waals surface area contributed by atoms with Crippen LogP contribution in [0, 0.1) is 16.7 Å². The average molecular weight is 401 g/mol. The number of nitriles is 1. The van der Waals surface area contributed by atoms with Gasteiger partial charge < -0.3 is 4.74 Å². The van der Waals surface area contributed by atoms with Crippen LogP contribution in [0.1, 0.15) is 37.4 Å². The molecule has 1 unspecified atom stereocenters. The molecule has 5 heterocycles. The first kappa shape index (κ1) is 18.0. The Morgan fingerprint density at radius 1 is 1.30 bits per heavy atom. The molecule has 3 aliphatic rings. The summed E-state index contributed by atoms with van der Waals surface area (Å²) < 4.78 is 7.43. The highest BCUT2D eigenvalue weighted by atomic mass is 16.5. The topological polar surface area (TPSA) is 101 Å². The van der Waals surface area contributed by atoms with Gasteiger partial charge in [0.1, 0.15) is 11.4 Å². The number of aromatic nitrogens is 4. The summed E-state index contributed by atoms with van der Waals surface area (Å²) in [4.78, 5) is 9.56. The zero-order valence-electron chi connectivity index (χ0n) is 16.6. The monoisotopic (exact) mass is 401 g/mol. The van der Waals surface area contributed by atoms with E-state index in [4.69, 9.17) is 14.8 Å². The minimum absolute atomic E-state index is 0.160. The van der Waals surface area contributed by atoms with Gasteiger partial charge in [-0.2, -0.15) is 10.4 Å². The molecule has 3 aromatic heterocycles. The molecule has 2 saturated heterocycles. The van der Waals surface area contributed by atoms with E-state index in [1.54, 1.807) is 0 Å². The average Bonchev–Trinajstić information content (AvgIpc) is 3.40.